The van der Waals surface area contributed by atoms with Crippen LogP contribution in [0.15, 0.2) is 24.3 Å². The summed E-state index contributed by atoms with van der Waals surface area (Å²) < 4.78 is 0. The monoisotopic (exact) mass is 269 g/mol. The van der Waals surface area contributed by atoms with Gasteiger partial charge in [-0.15, -0.1) is 0 Å². The molecule has 3 heteroatoms. The average molecular weight is 270 g/mol. The minimum Gasteiger partial charge on any atom is -0.351 e. The molecule has 0 spiro atoms. The van der Waals surface area contributed by atoms with Gasteiger partial charge in [-0.25, -0.2) is 0 Å². The van der Waals surface area contributed by atoms with E-state index in [-0.39, 0.29) is 10.7 Å². The van der Waals surface area contributed by atoms with Gasteiger partial charge in [-0.3, -0.25) is 4.79 Å². The molecule has 0 aliphatic heterocycles. The van der Waals surface area contributed by atoms with Gasteiger partial charge in [0, 0.05) is 6.54 Å². The second-order valence-corrected chi connectivity index (χ2v) is 4.63. The maximum absolute atomic E-state index is 11.5. The maximum atomic E-state index is 11.5. The summed E-state index contributed by atoms with van der Waals surface area (Å²) in [6, 6.07) is 8.07. The fraction of sp³-hybridized carbons (Fsp3) is 0.417. The molecule has 15 heavy (non-hydrogen) atoms. The van der Waals surface area contributed by atoms with E-state index in [0.717, 1.165) is 6.42 Å². The van der Waals surface area contributed by atoms with E-state index in [0.29, 0.717) is 6.54 Å². The van der Waals surface area contributed by atoms with Gasteiger partial charge in [-0.1, -0.05) is 47.1 Å². The maximum Gasteiger partial charge on any atom is 0.234 e. The Labute approximate surface area is 99.2 Å². The molecule has 0 aromatic heterocycles. The SMILES string of the molecule is CCC(Br)C(=O)NCc1ccccc1C. The lowest BCUT2D eigenvalue weighted by atomic mass is 10.1. The Morgan fingerprint density at radius 3 is 2.73 bits per heavy atom. The molecular weight excluding hydrogens is 254 g/mol. The molecule has 0 saturated heterocycles. The Bertz CT molecular complexity index is 338. The van der Waals surface area contributed by atoms with Gasteiger partial charge in [0.2, 0.25) is 5.91 Å². The number of aryl methyl sites for hydroxylation is 1. The van der Waals surface area contributed by atoms with Crippen LogP contribution >= 0.6 is 15.9 Å². The summed E-state index contributed by atoms with van der Waals surface area (Å²) in [5.41, 5.74) is 2.38. The number of hydrogen-bond donors (Lipinski definition) is 1. The zero-order valence-corrected chi connectivity index (χ0v) is 10.7. The molecule has 0 fully saturated rings. The molecule has 1 amide bonds. The van der Waals surface area contributed by atoms with Gasteiger partial charge in [0.15, 0.2) is 0 Å². The summed E-state index contributed by atoms with van der Waals surface area (Å²) in [4.78, 5) is 11.4. The lowest BCUT2D eigenvalue weighted by molar-refractivity contribution is -0.120. The van der Waals surface area contributed by atoms with Gasteiger partial charge in [-0.2, -0.15) is 0 Å². The van der Waals surface area contributed by atoms with Crippen LogP contribution in [0.3, 0.4) is 0 Å². The van der Waals surface area contributed by atoms with Gasteiger partial charge >= 0.3 is 0 Å². The number of alkyl halides is 1. The number of halogens is 1. The molecule has 1 rings (SSSR count). The van der Waals surface area contributed by atoms with Crippen LogP contribution < -0.4 is 5.32 Å². The van der Waals surface area contributed by atoms with Crippen molar-refractivity contribution in [2.24, 2.45) is 0 Å². The van der Waals surface area contributed by atoms with Gasteiger partial charge in [0.1, 0.15) is 0 Å². The van der Waals surface area contributed by atoms with Gasteiger partial charge in [-0.05, 0) is 24.5 Å². The second kappa shape index (κ2) is 5.91. The second-order valence-electron chi connectivity index (χ2n) is 3.52. The van der Waals surface area contributed by atoms with Crippen molar-refractivity contribution in [2.75, 3.05) is 0 Å². The molecule has 82 valence electrons. The van der Waals surface area contributed by atoms with Crippen LogP contribution in [0.4, 0.5) is 0 Å². The van der Waals surface area contributed by atoms with E-state index in [1.807, 2.05) is 38.1 Å². The summed E-state index contributed by atoms with van der Waals surface area (Å²) in [5, 5.41) is 2.90. The lowest BCUT2D eigenvalue weighted by Crippen LogP contribution is -2.30. The molecule has 1 aromatic carbocycles. The predicted octanol–water partition coefficient (Wildman–Crippen LogP) is 2.78. The van der Waals surface area contributed by atoms with E-state index in [4.69, 9.17) is 0 Å². The molecule has 1 N–H and O–H groups in total. The summed E-state index contributed by atoms with van der Waals surface area (Å²) >= 11 is 3.32. The number of amides is 1. The summed E-state index contributed by atoms with van der Waals surface area (Å²) in [6.07, 6.45) is 0.805. The zero-order chi connectivity index (χ0) is 11.3. The van der Waals surface area contributed by atoms with Crippen molar-refractivity contribution >= 4 is 21.8 Å². The van der Waals surface area contributed by atoms with Crippen LogP contribution in [0.5, 0.6) is 0 Å². The standard InChI is InChI=1S/C12H16BrNO/c1-3-11(13)12(15)14-8-10-7-5-4-6-9(10)2/h4-7,11H,3,8H2,1-2H3,(H,14,15). The normalized spacial score (nSPS) is 12.2. The number of carbonyl (C=O) groups excluding carboxylic acids is 1. The first-order chi connectivity index (χ1) is 7.15. The first-order valence-electron chi connectivity index (χ1n) is 5.11. The molecule has 0 aliphatic carbocycles. The lowest BCUT2D eigenvalue weighted by Gasteiger charge is -2.10. The highest BCUT2D eigenvalue weighted by atomic mass is 79.9. The summed E-state index contributed by atoms with van der Waals surface area (Å²) in [5.74, 6) is 0.0563. The number of carbonyl (C=O) groups is 1. The zero-order valence-electron chi connectivity index (χ0n) is 9.09. The van der Waals surface area contributed by atoms with E-state index in [1.54, 1.807) is 0 Å². The summed E-state index contributed by atoms with van der Waals surface area (Å²) in [6.45, 7) is 4.63. The van der Waals surface area contributed by atoms with Crippen LogP contribution in [0.25, 0.3) is 0 Å². The van der Waals surface area contributed by atoms with Crippen molar-refractivity contribution in [1.82, 2.24) is 5.32 Å². The first kappa shape index (κ1) is 12.2. The number of benzene rings is 1. The third kappa shape index (κ3) is 3.67. The molecule has 1 unspecified atom stereocenters. The highest BCUT2D eigenvalue weighted by Gasteiger charge is 2.11. The first-order valence-corrected chi connectivity index (χ1v) is 6.03. The number of hydrogen-bond acceptors (Lipinski definition) is 1. The average Bonchev–Trinajstić information content (AvgIpc) is 2.26. The Morgan fingerprint density at radius 2 is 2.13 bits per heavy atom. The van der Waals surface area contributed by atoms with Gasteiger partial charge in [0.05, 0.1) is 4.83 Å². The quantitative estimate of drug-likeness (QED) is 0.837. The van der Waals surface area contributed by atoms with Crippen molar-refractivity contribution in [2.45, 2.75) is 31.6 Å². The van der Waals surface area contributed by atoms with Crippen molar-refractivity contribution < 1.29 is 4.79 Å². The molecule has 0 heterocycles. The Kier molecular flexibility index (Phi) is 4.82. The highest BCUT2D eigenvalue weighted by Crippen LogP contribution is 2.08. The van der Waals surface area contributed by atoms with E-state index in [1.165, 1.54) is 11.1 Å². The Hall–Kier alpha value is -0.830. The molecule has 0 saturated carbocycles. The fourth-order valence-corrected chi connectivity index (χ4v) is 1.45. The van der Waals surface area contributed by atoms with Crippen LogP contribution in [0, 0.1) is 6.92 Å². The Balaban J connectivity index is 2.51. The minimum atomic E-state index is -0.0819. The fourth-order valence-electron chi connectivity index (χ4n) is 1.29. The largest absolute Gasteiger partial charge is 0.351 e. The highest BCUT2D eigenvalue weighted by molar-refractivity contribution is 9.10. The van der Waals surface area contributed by atoms with Crippen molar-refractivity contribution in [3.63, 3.8) is 0 Å². The number of nitrogens with one attached hydrogen (secondary N) is 1. The minimum absolute atomic E-state index is 0.0563. The van der Waals surface area contributed by atoms with E-state index < -0.39 is 0 Å². The molecule has 1 atom stereocenters. The topological polar surface area (TPSA) is 29.1 Å². The van der Waals surface area contributed by atoms with Gasteiger partial charge in [0.25, 0.3) is 0 Å². The Morgan fingerprint density at radius 1 is 1.47 bits per heavy atom. The summed E-state index contributed by atoms with van der Waals surface area (Å²) in [7, 11) is 0. The van der Waals surface area contributed by atoms with Crippen molar-refractivity contribution in [3.05, 3.63) is 35.4 Å². The van der Waals surface area contributed by atoms with Crippen molar-refractivity contribution in [1.29, 1.82) is 0 Å². The van der Waals surface area contributed by atoms with E-state index in [2.05, 4.69) is 21.2 Å². The van der Waals surface area contributed by atoms with Crippen LogP contribution in [-0.2, 0) is 11.3 Å². The molecule has 2 nitrogen and oxygen atoms in total. The third-order valence-electron chi connectivity index (χ3n) is 2.36. The smallest absolute Gasteiger partial charge is 0.234 e. The predicted molar refractivity (Wildman–Crippen MR) is 66.0 cm³/mol. The van der Waals surface area contributed by atoms with Crippen LogP contribution in [0.2, 0.25) is 0 Å². The molecule has 0 radical (unpaired) electrons. The van der Waals surface area contributed by atoms with E-state index in [9.17, 15) is 4.79 Å². The molecule has 0 bridgehead atoms. The van der Waals surface area contributed by atoms with E-state index >= 15 is 0 Å². The van der Waals surface area contributed by atoms with Gasteiger partial charge < -0.3 is 5.32 Å². The molecule has 0 aliphatic rings. The van der Waals surface area contributed by atoms with Crippen LogP contribution in [-0.4, -0.2) is 10.7 Å². The van der Waals surface area contributed by atoms with Crippen LogP contribution in [0.1, 0.15) is 24.5 Å². The molecule has 1 aromatic rings. The number of rotatable bonds is 4. The molecular formula is C12H16BrNO. The third-order valence-corrected chi connectivity index (χ3v) is 3.42. The van der Waals surface area contributed by atoms with Crippen molar-refractivity contribution in [3.8, 4) is 0 Å².